The molecule has 0 fully saturated rings. The molecule has 160 valence electrons. The van der Waals surface area contributed by atoms with E-state index in [1.165, 1.54) is 24.3 Å². The predicted molar refractivity (Wildman–Crippen MR) is 98.9 cm³/mol. The second-order valence-corrected chi connectivity index (χ2v) is 6.53. The Morgan fingerprint density at radius 2 is 1.70 bits per heavy atom. The van der Waals surface area contributed by atoms with Crippen LogP contribution >= 0.6 is 0 Å². The van der Waals surface area contributed by atoms with E-state index in [9.17, 15) is 27.5 Å². The number of hydrazone groups is 1. The second kappa shape index (κ2) is 8.70. The molecular weight excluding hydrogens is 408 g/mol. The Morgan fingerprint density at radius 1 is 1.10 bits per heavy atom. The lowest BCUT2D eigenvalue weighted by atomic mass is 10.1. The number of benzene rings is 2. The number of amides is 1. The van der Waals surface area contributed by atoms with Gasteiger partial charge in [-0.15, -0.1) is 0 Å². The van der Waals surface area contributed by atoms with Crippen molar-refractivity contribution in [1.82, 2.24) is 5.01 Å². The Bertz CT molecular complexity index is 919. The number of carbonyl (C=O) groups is 1. The largest absolute Gasteiger partial charge is 0.497 e. The van der Waals surface area contributed by atoms with Gasteiger partial charge in [-0.2, -0.15) is 10.1 Å². The third-order valence-electron chi connectivity index (χ3n) is 4.50. The van der Waals surface area contributed by atoms with Crippen molar-refractivity contribution in [2.45, 2.75) is 31.6 Å². The molecule has 0 aliphatic carbocycles. The van der Waals surface area contributed by atoms with E-state index in [1.54, 1.807) is 31.4 Å². The van der Waals surface area contributed by atoms with Crippen LogP contribution in [0.2, 0.25) is 0 Å². The first-order valence-electron chi connectivity index (χ1n) is 8.81. The highest BCUT2D eigenvalue weighted by molar-refractivity contribution is 5.99. The summed E-state index contributed by atoms with van der Waals surface area (Å²) in [6, 6.07) is 12.6. The topological polar surface area (TPSA) is 71.4 Å². The third kappa shape index (κ3) is 4.38. The summed E-state index contributed by atoms with van der Waals surface area (Å²) in [6.45, 7) is 0.166. The molecule has 1 amide bonds. The minimum Gasteiger partial charge on any atom is -0.497 e. The van der Waals surface area contributed by atoms with E-state index < -0.39 is 36.6 Å². The number of aliphatic hydroxyl groups is 1. The maximum absolute atomic E-state index is 13.3. The molecule has 0 spiro atoms. The molecule has 0 saturated heterocycles. The van der Waals surface area contributed by atoms with E-state index in [4.69, 9.17) is 9.47 Å². The average molecular weight is 426 g/mol. The van der Waals surface area contributed by atoms with E-state index in [0.29, 0.717) is 17.1 Å². The Labute approximate surface area is 169 Å². The van der Waals surface area contributed by atoms with Crippen molar-refractivity contribution in [2.24, 2.45) is 5.10 Å². The zero-order valence-corrected chi connectivity index (χ0v) is 15.8. The lowest BCUT2D eigenvalue weighted by Crippen LogP contribution is -2.51. The highest BCUT2D eigenvalue weighted by Gasteiger charge is 2.53. The molecule has 1 aliphatic heterocycles. The molecule has 1 aliphatic rings. The normalized spacial score (nSPS) is 18.7. The number of carbonyl (C=O) groups excluding carboxylic acids is 1. The molecule has 0 radical (unpaired) electrons. The lowest BCUT2D eigenvalue weighted by Gasteiger charge is -2.30. The van der Waals surface area contributed by atoms with Gasteiger partial charge < -0.3 is 14.6 Å². The maximum atomic E-state index is 13.3. The molecule has 3 rings (SSSR count). The fraction of sp³-hybridized carbons (Fsp3) is 0.300. The zero-order chi connectivity index (χ0) is 21.9. The summed E-state index contributed by atoms with van der Waals surface area (Å²) in [5.41, 5.74) is -3.51. The first-order chi connectivity index (χ1) is 14.2. The standard InChI is InChI=1S/C20H18F4N2O4/c1-29-14-6-8-15(9-7-14)30-11-12-2-4-13(5-3-12)18(27)26-20(28,19(23)24)10-16(25-26)17(21)22/h2-9,17,19,28H,10-11H2,1H3/t20-/m1/s1. The van der Waals surface area contributed by atoms with Crippen molar-refractivity contribution < 1.29 is 36.9 Å². The number of rotatable bonds is 7. The fourth-order valence-electron chi connectivity index (χ4n) is 2.81. The van der Waals surface area contributed by atoms with Gasteiger partial charge in [-0.3, -0.25) is 4.79 Å². The quantitative estimate of drug-likeness (QED) is 0.686. The fourth-order valence-corrected chi connectivity index (χ4v) is 2.81. The van der Waals surface area contributed by atoms with Crippen LogP contribution in [0.5, 0.6) is 11.5 Å². The monoisotopic (exact) mass is 426 g/mol. The van der Waals surface area contributed by atoms with Gasteiger partial charge in [0.15, 0.2) is 0 Å². The summed E-state index contributed by atoms with van der Waals surface area (Å²) in [5.74, 6) is 0.147. The van der Waals surface area contributed by atoms with Crippen LogP contribution in [-0.4, -0.2) is 47.4 Å². The van der Waals surface area contributed by atoms with Crippen molar-refractivity contribution in [3.8, 4) is 11.5 Å². The minimum absolute atomic E-state index is 0.0298. The van der Waals surface area contributed by atoms with E-state index in [1.807, 2.05) is 0 Å². The van der Waals surface area contributed by atoms with Gasteiger partial charge in [0.05, 0.1) is 7.11 Å². The van der Waals surface area contributed by atoms with Gasteiger partial charge in [0.1, 0.15) is 23.8 Å². The summed E-state index contributed by atoms with van der Waals surface area (Å²) in [4.78, 5) is 12.5. The van der Waals surface area contributed by atoms with Crippen LogP contribution < -0.4 is 9.47 Å². The molecule has 0 bridgehead atoms. The Kier molecular flexibility index (Phi) is 6.25. The lowest BCUT2D eigenvalue weighted by molar-refractivity contribution is -0.164. The highest BCUT2D eigenvalue weighted by atomic mass is 19.3. The van der Waals surface area contributed by atoms with Crippen molar-refractivity contribution in [2.75, 3.05) is 7.11 Å². The van der Waals surface area contributed by atoms with Crippen molar-refractivity contribution in [3.05, 3.63) is 59.7 Å². The van der Waals surface area contributed by atoms with Gasteiger partial charge in [-0.05, 0) is 42.0 Å². The van der Waals surface area contributed by atoms with Gasteiger partial charge in [-0.25, -0.2) is 17.6 Å². The van der Waals surface area contributed by atoms with E-state index in [0.717, 1.165) is 0 Å². The number of alkyl halides is 4. The first kappa shape index (κ1) is 21.6. The number of hydrogen-bond donors (Lipinski definition) is 1. The third-order valence-corrected chi connectivity index (χ3v) is 4.50. The molecule has 0 unspecified atom stereocenters. The Hall–Kier alpha value is -3.14. The minimum atomic E-state index is -3.47. The van der Waals surface area contributed by atoms with Gasteiger partial charge in [0.25, 0.3) is 18.8 Å². The molecule has 0 saturated carbocycles. The van der Waals surface area contributed by atoms with Crippen LogP contribution in [0.4, 0.5) is 17.6 Å². The summed E-state index contributed by atoms with van der Waals surface area (Å²) in [5, 5.41) is 13.3. The molecule has 2 aromatic rings. The van der Waals surface area contributed by atoms with Crippen molar-refractivity contribution >= 4 is 11.6 Å². The SMILES string of the molecule is COc1ccc(OCc2ccc(C(=O)N3N=C(C(F)F)C[C@@]3(O)C(F)F)cc2)cc1. The number of hydrogen-bond acceptors (Lipinski definition) is 5. The van der Waals surface area contributed by atoms with Gasteiger partial charge in [-0.1, -0.05) is 12.1 Å². The molecule has 6 nitrogen and oxygen atoms in total. The number of ether oxygens (including phenoxy) is 2. The average Bonchev–Trinajstić information content (AvgIpc) is 3.12. The van der Waals surface area contributed by atoms with Gasteiger partial charge >= 0.3 is 0 Å². The zero-order valence-electron chi connectivity index (χ0n) is 15.8. The number of halogens is 4. The summed E-state index contributed by atoms with van der Waals surface area (Å²) >= 11 is 0. The molecule has 1 atom stereocenters. The second-order valence-electron chi connectivity index (χ2n) is 6.53. The first-order valence-corrected chi connectivity index (χ1v) is 8.81. The van der Waals surface area contributed by atoms with Crippen LogP contribution in [0.3, 0.4) is 0 Å². The number of methoxy groups -OCH3 is 1. The van der Waals surface area contributed by atoms with Gasteiger partial charge in [0, 0.05) is 12.0 Å². The summed E-state index contributed by atoms with van der Waals surface area (Å²) < 4.78 is 62.9. The van der Waals surface area contributed by atoms with Crippen LogP contribution in [-0.2, 0) is 6.61 Å². The van der Waals surface area contributed by atoms with Crippen LogP contribution in [0.25, 0.3) is 0 Å². The molecule has 30 heavy (non-hydrogen) atoms. The van der Waals surface area contributed by atoms with Gasteiger partial charge in [0.2, 0.25) is 5.72 Å². The maximum Gasteiger partial charge on any atom is 0.287 e. The van der Waals surface area contributed by atoms with Crippen LogP contribution in [0.1, 0.15) is 22.3 Å². The summed E-state index contributed by atoms with van der Waals surface area (Å²) in [7, 11) is 1.54. The van der Waals surface area contributed by atoms with Crippen LogP contribution in [0.15, 0.2) is 53.6 Å². The molecule has 1 N–H and O–H groups in total. The van der Waals surface area contributed by atoms with Crippen molar-refractivity contribution in [3.63, 3.8) is 0 Å². The molecule has 1 heterocycles. The summed E-state index contributed by atoms with van der Waals surface area (Å²) in [6.07, 6.45) is -7.76. The number of nitrogens with zero attached hydrogens (tertiary/aromatic N) is 2. The Morgan fingerprint density at radius 3 is 2.23 bits per heavy atom. The predicted octanol–water partition coefficient (Wildman–Crippen LogP) is 3.69. The highest BCUT2D eigenvalue weighted by Crippen LogP contribution is 2.34. The Balaban J connectivity index is 1.70. The van der Waals surface area contributed by atoms with E-state index >= 15 is 0 Å². The van der Waals surface area contributed by atoms with Crippen molar-refractivity contribution in [1.29, 1.82) is 0 Å². The van der Waals surface area contributed by atoms with Crippen LogP contribution in [0, 0.1) is 0 Å². The molecule has 0 aromatic heterocycles. The smallest absolute Gasteiger partial charge is 0.287 e. The van der Waals surface area contributed by atoms with E-state index in [-0.39, 0.29) is 17.2 Å². The molecule has 10 heteroatoms. The van der Waals surface area contributed by atoms with E-state index in [2.05, 4.69) is 5.10 Å². The molecule has 2 aromatic carbocycles. The molecular formula is C20H18F4N2O4.